The second-order valence-corrected chi connectivity index (χ2v) is 7.58. The van der Waals surface area contributed by atoms with Crippen molar-refractivity contribution in [3.05, 3.63) is 0 Å². The van der Waals surface area contributed by atoms with Crippen molar-refractivity contribution in [2.24, 2.45) is 11.1 Å². The Balaban J connectivity index is 0.00000172. The smallest absolute Gasteiger partial charge is 0.239 e. The third-order valence-electron chi connectivity index (χ3n) is 3.30. The minimum Gasteiger partial charge on any atom is -0.341 e. The maximum absolute atomic E-state index is 12.0. The van der Waals surface area contributed by atoms with E-state index in [9.17, 15) is 4.79 Å². The van der Waals surface area contributed by atoms with Crippen LogP contribution in [0.15, 0.2) is 0 Å². The van der Waals surface area contributed by atoms with Crippen molar-refractivity contribution in [2.75, 3.05) is 24.6 Å². The van der Waals surface area contributed by atoms with Crippen molar-refractivity contribution in [1.29, 1.82) is 0 Å². The molecule has 1 atom stereocenters. The molecule has 20 heavy (non-hydrogen) atoms. The van der Waals surface area contributed by atoms with Crippen molar-refractivity contribution in [1.82, 2.24) is 4.90 Å². The Labute approximate surface area is 130 Å². The molecule has 0 spiro atoms. The van der Waals surface area contributed by atoms with Crippen LogP contribution in [0.5, 0.6) is 0 Å². The molecule has 1 aliphatic heterocycles. The quantitative estimate of drug-likeness (QED) is 0.764. The first kappa shape index (κ1) is 19.8. The predicted octanol–water partition coefficient (Wildman–Crippen LogP) is 3.52. The Hall–Kier alpha value is -0.220. The van der Waals surface area contributed by atoms with Crippen LogP contribution in [-0.2, 0) is 4.79 Å². The Morgan fingerprint density at radius 2 is 1.75 bits per heavy atom. The van der Waals surface area contributed by atoms with Crippen LogP contribution >= 0.6 is 11.8 Å². The normalized spacial score (nSPS) is 16.6. The molecule has 1 rings (SSSR count). The van der Waals surface area contributed by atoms with Gasteiger partial charge in [0.15, 0.2) is 0 Å². The van der Waals surface area contributed by atoms with Crippen LogP contribution in [0.25, 0.3) is 0 Å². The number of nitrogens with two attached hydrogens (primary N) is 1. The zero-order valence-electron chi connectivity index (χ0n) is 14.1. The van der Waals surface area contributed by atoms with Gasteiger partial charge in [0.25, 0.3) is 0 Å². The molecule has 2 N–H and O–H groups in total. The maximum atomic E-state index is 12.0. The summed E-state index contributed by atoms with van der Waals surface area (Å²) in [5, 5.41) is 0. The van der Waals surface area contributed by atoms with E-state index in [2.05, 4.69) is 20.8 Å². The second-order valence-electron chi connectivity index (χ2n) is 6.35. The molecule has 0 bridgehead atoms. The summed E-state index contributed by atoms with van der Waals surface area (Å²) < 4.78 is 0. The first-order chi connectivity index (χ1) is 9.40. The van der Waals surface area contributed by atoms with Gasteiger partial charge in [-0.15, -0.1) is 0 Å². The molecule has 120 valence electrons. The van der Waals surface area contributed by atoms with Crippen molar-refractivity contribution in [3.8, 4) is 0 Å². The average molecular weight is 303 g/mol. The third kappa shape index (κ3) is 8.85. The molecule has 0 saturated carbocycles. The Bertz CT molecular complexity index is 258. The molecule has 1 saturated heterocycles. The molecular weight excluding hydrogens is 268 g/mol. The molecule has 0 aliphatic carbocycles. The van der Waals surface area contributed by atoms with E-state index in [-0.39, 0.29) is 11.9 Å². The van der Waals surface area contributed by atoms with Gasteiger partial charge in [-0.3, -0.25) is 4.79 Å². The second kappa shape index (κ2) is 10.5. The highest BCUT2D eigenvalue weighted by molar-refractivity contribution is 7.99. The van der Waals surface area contributed by atoms with Gasteiger partial charge in [0, 0.05) is 13.1 Å². The number of carbonyl (C=O) groups excluding carboxylic acids is 1. The average Bonchev–Trinajstić information content (AvgIpc) is 2.92. The highest BCUT2D eigenvalue weighted by Gasteiger charge is 2.23. The van der Waals surface area contributed by atoms with Gasteiger partial charge >= 0.3 is 0 Å². The number of rotatable bonds is 6. The van der Waals surface area contributed by atoms with E-state index in [1.165, 1.54) is 6.42 Å². The van der Waals surface area contributed by atoms with E-state index in [1.54, 1.807) is 0 Å². The van der Waals surface area contributed by atoms with Gasteiger partial charge in [0.1, 0.15) is 0 Å². The van der Waals surface area contributed by atoms with Crippen molar-refractivity contribution in [2.45, 2.75) is 66.3 Å². The first-order valence-electron chi connectivity index (χ1n) is 8.02. The van der Waals surface area contributed by atoms with Crippen molar-refractivity contribution in [3.63, 3.8) is 0 Å². The Morgan fingerprint density at radius 3 is 2.25 bits per heavy atom. The topological polar surface area (TPSA) is 46.3 Å². The summed E-state index contributed by atoms with van der Waals surface area (Å²) in [5.41, 5.74) is 6.36. The fraction of sp³-hybridized carbons (Fsp3) is 0.938. The Kier molecular flexibility index (Phi) is 10.4. The van der Waals surface area contributed by atoms with Gasteiger partial charge in [-0.1, -0.05) is 34.6 Å². The summed E-state index contributed by atoms with van der Waals surface area (Å²) >= 11 is 1.92. The van der Waals surface area contributed by atoms with Crippen LogP contribution in [0.3, 0.4) is 0 Å². The third-order valence-corrected chi connectivity index (χ3v) is 4.32. The van der Waals surface area contributed by atoms with E-state index < -0.39 is 0 Å². The lowest BCUT2D eigenvalue weighted by Gasteiger charge is -2.20. The van der Waals surface area contributed by atoms with E-state index >= 15 is 0 Å². The molecule has 0 radical (unpaired) electrons. The summed E-state index contributed by atoms with van der Waals surface area (Å²) in [6.07, 6.45) is 4.30. The zero-order valence-corrected chi connectivity index (χ0v) is 14.9. The molecule has 1 aliphatic rings. The van der Waals surface area contributed by atoms with Crippen LogP contribution in [-0.4, -0.2) is 41.4 Å². The minimum atomic E-state index is -0.287. The highest BCUT2D eigenvalue weighted by Crippen LogP contribution is 2.21. The number of carbonyl (C=O) groups is 1. The summed E-state index contributed by atoms with van der Waals surface area (Å²) in [6.45, 7) is 12.6. The van der Waals surface area contributed by atoms with Crippen LogP contribution < -0.4 is 5.73 Å². The van der Waals surface area contributed by atoms with Gasteiger partial charge in [-0.25, -0.2) is 0 Å². The maximum Gasteiger partial charge on any atom is 0.239 e. The van der Waals surface area contributed by atoms with Crippen LogP contribution in [0, 0.1) is 5.41 Å². The highest BCUT2D eigenvalue weighted by atomic mass is 32.2. The predicted molar refractivity (Wildman–Crippen MR) is 91.2 cm³/mol. The SMILES string of the molecule is CC.CC(C)(C)CCSCCC(N)C(=O)N1CCCC1. The van der Waals surface area contributed by atoms with Crippen LogP contribution in [0.2, 0.25) is 0 Å². The zero-order chi connectivity index (χ0) is 15.6. The van der Waals surface area contributed by atoms with Crippen molar-refractivity contribution < 1.29 is 4.79 Å². The van der Waals surface area contributed by atoms with Gasteiger partial charge < -0.3 is 10.6 Å². The lowest BCUT2D eigenvalue weighted by Crippen LogP contribution is -2.42. The fourth-order valence-electron chi connectivity index (χ4n) is 1.99. The lowest BCUT2D eigenvalue weighted by molar-refractivity contribution is -0.131. The van der Waals surface area contributed by atoms with Crippen LogP contribution in [0.4, 0.5) is 0 Å². The lowest BCUT2D eigenvalue weighted by atomic mass is 9.94. The van der Waals surface area contributed by atoms with E-state index in [4.69, 9.17) is 5.73 Å². The molecule has 1 fully saturated rings. The molecular formula is C16H34N2OS. The minimum absolute atomic E-state index is 0.156. The molecule has 3 nitrogen and oxygen atoms in total. The summed E-state index contributed by atoms with van der Waals surface area (Å²) in [7, 11) is 0. The number of amides is 1. The van der Waals surface area contributed by atoms with E-state index in [1.807, 2.05) is 30.5 Å². The van der Waals surface area contributed by atoms with Crippen molar-refractivity contribution >= 4 is 17.7 Å². The number of likely N-dealkylation sites (tertiary alicyclic amines) is 1. The van der Waals surface area contributed by atoms with E-state index in [0.29, 0.717) is 5.41 Å². The van der Waals surface area contributed by atoms with Crippen LogP contribution in [0.1, 0.15) is 60.3 Å². The number of hydrogen-bond acceptors (Lipinski definition) is 3. The first-order valence-corrected chi connectivity index (χ1v) is 9.18. The number of hydrogen-bond donors (Lipinski definition) is 1. The molecule has 0 aromatic heterocycles. The van der Waals surface area contributed by atoms with Gasteiger partial charge in [0.05, 0.1) is 6.04 Å². The molecule has 1 amide bonds. The standard InChI is InChI=1S/C14H28N2OS.C2H6/c1-14(2,3)7-11-18-10-6-12(15)13(17)16-8-4-5-9-16;1-2/h12H,4-11,15H2,1-3H3;1-2H3. The molecule has 1 heterocycles. The van der Waals surface area contributed by atoms with Gasteiger partial charge in [-0.05, 0) is 42.6 Å². The molecule has 4 heteroatoms. The number of nitrogens with zero attached hydrogens (tertiary/aromatic N) is 1. The number of thioether (sulfide) groups is 1. The van der Waals surface area contributed by atoms with Gasteiger partial charge in [0.2, 0.25) is 5.91 Å². The fourth-order valence-corrected chi connectivity index (χ4v) is 3.37. The largest absolute Gasteiger partial charge is 0.341 e. The summed E-state index contributed by atoms with van der Waals surface area (Å²) in [4.78, 5) is 13.9. The summed E-state index contributed by atoms with van der Waals surface area (Å²) in [6, 6.07) is -0.287. The van der Waals surface area contributed by atoms with Gasteiger partial charge in [-0.2, -0.15) is 11.8 Å². The molecule has 0 aromatic rings. The summed E-state index contributed by atoms with van der Waals surface area (Å²) in [5.74, 6) is 2.31. The van der Waals surface area contributed by atoms with E-state index in [0.717, 1.165) is 43.9 Å². The molecule has 0 aromatic carbocycles. The Morgan fingerprint density at radius 1 is 1.20 bits per heavy atom. The monoisotopic (exact) mass is 302 g/mol. The molecule has 1 unspecified atom stereocenters.